The number of aromatic nitrogens is 2. The maximum atomic E-state index is 13.3. The third-order valence-electron chi connectivity index (χ3n) is 6.44. The number of nitrogens with zero attached hydrogens (tertiary/aromatic N) is 2. The predicted molar refractivity (Wildman–Crippen MR) is 107 cm³/mol. The van der Waals surface area contributed by atoms with E-state index >= 15 is 0 Å². The van der Waals surface area contributed by atoms with Gasteiger partial charge in [-0.1, -0.05) is 25.6 Å². The lowest BCUT2D eigenvalue weighted by atomic mass is 9.75. The van der Waals surface area contributed by atoms with Gasteiger partial charge in [0.1, 0.15) is 6.61 Å². The Bertz CT molecular complexity index is 1210. The number of benzene rings is 1. The minimum absolute atomic E-state index is 0.0356. The van der Waals surface area contributed by atoms with Gasteiger partial charge < -0.3 is 9.30 Å². The highest BCUT2D eigenvalue weighted by Crippen LogP contribution is 2.43. The maximum absolute atomic E-state index is 13.3. The Morgan fingerprint density at radius 3 is 2.93 bits per heavy atom. The van der Waals surface area contributed by atoms with Gasteiger partial charge in [0.2, 0.25) is 0 Å². The molecule has 4 heteroatoms. The summed E-state index contributed by atoms with van der Waals surface area (Å²) in [6.45, 7) is 11.3. The molecule has 136 valence electrons. The van der Waals surface area contributed by atoms with Gasteiger partial charge in [0.05, 0.1) is 34.8 Å². The van der Waals surface area contributed by atoms with Crippen LogP contribution in [0, 0.1) is 6.92 Å². The van der Waals surface area contributed by atoms with Crippen LogP contribution in [0.1, 0.15) is 42.5 Å². The van der Waals surface area contributed by atoms with Crippen LogP contribution in [0.3, 0.4) is 0 Å². The molecule has 2 aliphatic rings. The summed E-state index contributed by atoms with van der Waals surface area (Å²) in [6, 6.07) is 10.5. The minimum atomic E-state index is -0.349. The SMILES string of the molecule is C=C1OCc2c(cc3n(c2=O)Cc2cc4c(C)cccc4nc2-3)[C@@]1(C)CC. The van der Waals surface area contributed by atoms with Crippen LogP contribution < -0.4 is 5.56 Å². The number of rotatable bonds is 1. The molecule has 0 unspecified atom stereocenters. The van der Waals surface area contributed by atoms with Crippen molar-refractivity contribution < 1.29 is 4.74 Å². The molecule has 0 amide bonds. The Morgan fingerprint density at radius 1 is 1.33 bits per heavy atom. The van der Waals surface area contributed by atoms with E-state index in [0.29, 0.717) is 13.2 Å². The maximum Gasteiger partial charge on any atom is 0.258 e. The molecule has 1 aromatic carbocycles. The van der Waals surface area contributed by atoms with Gasteiger partial charge in [-0.2, -0.15) is 0 Å². The topological polar surface area (TPSA) is 44.1 Å². The molecule has 1 atom stereocenters. The Balaban J connectivity index is 1.81. The highest BCUT2D eigenvalue weighted by molar-refractivity contribution is 5.86. The second-order valence-electron chi connectivity index (χ2n) is 7.85. The molecule has 0 fully saturated rings. The van der Waals surface area contributed by atoms with E-state index in [2.05, 4.69) is 45.5 Å². The third-order valence-corrected chi connectivity index (χ3v) is 6.44. The van der Waals surface area contributed by atoms with Crippen LogP contribution in [0.2, 0.25) is 0 Å². The van der Waals surface area contributed by atoms with Gasteiger partial charge in [0.15, 0.2) is 0 Å². The summed E-state index contributed by atoms with van der Waals surface area (Å²) >= 11 is 0. The zero-order chi connectivity index (χ0) is 18.9. The number of aryl methyl sites for hydroxylation is 1. The molecule has 4 heterocycles. The summed E-state index contributed by atoms with van der Waals surface area (Å²) in [5, 5.41) is 1.15. The van der Waals surface area contributed by atoms with E-state index in [0.717, 1.165) is 51.2 Å². The molecule has 0 N–H and O–H groups in total. The molecule has 4 nitrogen and oxygen atoms in total. The van der Waals surface area contributed by atoms with Gasteiger partial charge in [0, 0.05) is 16.4 Å². The van der Waals surface area contributed by atoms with Crippen LogP contribution in [0.4, 0.5) is 0 Å². The lowest BCUT2D eigenvalue weighted by molar-refractivity contribution is 0.132. The first-order valence-corrected chi connectivity index (χ1v) is 9.43. The van der Waals surface area contributed by atoms with Crippen molar-refractivity contribution in [1.82, 2.24) is 9.55 Å². The smallest absolute Gasteiger partial charge is 0.258 e. The molecule has 2 aromatic heterocycles. The molecule has 0 spiro atoms. The monoisotopic (exact) mass is 358 g/mol. The van der Waals surface area contributed by atoms with E-state index in [1.807, 2.05) is 16.7 Å². The summed E-state index contributed by atoms with van der Waals surface area (Å²) in [4.78, 5) is 18.2. The molecule has 0 aliphatic carbocycles. The number of hydrogen-bond donors (Lipinski definition) is 0. The van der Waals surface area contributed by atoms with Gasteiger partial charge in [-0.25, -0.2) is 4.98 Å². The lowest BCUT2D eigenvalue weighted by Gasteiger charge is -2.37. The largest absolute Gasteiger partial charge is 0.493 e. The van der Waals surface area contributed by atoms with E-state index in [1.54, 1.807) is 0 Å². The highest BCUT2D eigenvalue weighted by atomic mass is 16.5. The van der Waals surface area contributed by atoms with Crippen LogP contribution >= 0.6 is 0 Å². The quantitative estimate of drug-likeness (QED) is 0.505. The zero-order valence-corrected chi connectivity index (χ0v) is 15.9. The predicted octanol–water partition coefficient (Wildman–Crippen LogP) is 4.45. The van der Waals surface area contributed by atoms with Crippen molar-refractivity contribution in [3.63, 3.8) is 0 Å². The first-order valence-electron chi connectivity index (χ1n) is 9.43. The molecule has 2 aliphatic heterocycles. The van der Waals surface area contributed by atoms with Gasteiger partial charge in [-0.3, -0.25) is 4.79 Å². The number of ether oxygens (including phenoxy) is 1. The summed E-state index contributed by atoms with van der Waals surface area (Å²) in [7, 11) is 0. The molecule has 0 saturated carbocycles. The second-order valence-corrected chi connectivity index (χ2v) is 7.85. The van der Waals surface area contributed by atoms with E-state index in [9.17, 15) is 4.79 Å². The molecule has 5 rings (SSSR count). The van der Waals surface area contributed by atoms with Gasteiger partial charge in [-0.15, -0.1) is 0 Å². The van der Waals surface area contributed by atoms with Crippen LogP contribution in [-0.2, 0) is 23.3 Å². The highest BCUT2D eigenvalue weighted by Gasteiger charge is 2.39. The molecule has 3 aromatic rings. The van der Waals surface area contributed by atoms with Crippen LogP contribution in [0.25, 0.3) is 22.3 Å². The standard InChI is InChI=1S/C23H22N2O2/c1-5-23(4)14(3)27-12-17-18(23)10-20-21-15(11-25(20)22(17)26)9-16-13(2)7-6-8-19(16)24-21/h6-10H,3,5,11-12H2,1-2,4H3/t23-/m0/s1. The number of allylic oxidation sites excluding steroid dienone is 1. The fourth-order valence-corrected chi connectivity index (χ4v) is 4.43. The molecule has 27 heavy (non-hydrogen) atoms. The van der Waals surface area contributed by atoms with E-state index in [1.165, 1.54) is 5.56 Å². The van der Waals surface area contributed by atoms with Crippen LogP contribution in [0.15, 0.2) is 47.5 Å². The van der Waals surface area contributed by atoms with Crippen molar-refractivity contribution in [2.24, 2.45) is 0 Å². The second kappa shape index (κ2) is 5.32. The Hall–Kier alpha value is -2.88. The molecule has 0 bridgehead atoms. The summed E-state index contributed by atoms with van der Waals surface area (Å²) in [6.07, 6.45) is 0.832. The Morgan fingerprint density at radius 2 is 2.15 bits per heavy atom. The Kier molecular flexibility index (Phi) is 3.21. The number of fused-ring (bicyclic) bond motifs is 5. The van der Waals surface area contributed by atoms with Crippen molar-refractivity contribution in [2.45, 2.75) is 45.8 Å². The van der Waals surface area contributed by atoms with Crippen LogP contribution in [-0.4, -0.2) is 9.55 Å². The first-order chi connectivity index (χ1) is 12.9. The minimum Gasteiger partial charge on any atom is -0.493 e. The van der Waals surface area contributed by atoms with Gasteiger partial charge in [0.25, 0.3) is 5.56 Å². The average molecular weight is 358 g/mol. The Labute approximate surface area is 158 Å². The summed E-state index contributed by atoms with van der Waals surface area (Å²) in [5.74, 6) is 0.738. The lowest BCUT2D eigenvalue weighted by Crippen LogP contribution is -2.37. The fourth-order valence-electron chi connectivity index (χ4n) is 4.43. The average Bonchev–Trinajstić information content (AvgIpc) is 3.02. The summed E-state index contributed by atoms with van der Waals surface area (Å²) in [5.41, 5.74) is 6.59. The van der Waals surface area contributed by atoms with Crippen LogP contribution in [0.5, 0.6) is 0 Å². The van der Waals surface area contributed by atoms with Crippen molar-refractivity contribution in [3.8, 4) is 11.4 Å². The normalized spacial score (nSPS) is 20.2. The molecular formula is C23H22N2O2. The first kappa shape index (κ1) is 16.3. The van der Waals surface area contributed by atoms with Crippen molar-refractivity contribution in [1.29, 1.82) is 0 Å². The van der Waals surface area contributed by atoms with E-state index < -0.39 is 0 Å². The van der Waals surface area contributed by atoms with Crippen molar-refractivity contribution in [2.75, 3.05) is 0 Å². The third kappa shape index (κ3) is 2.04. The van der Waals surface area contributed by atoms with Gasteiger partial charge in [-0.05, 0) is 49.6 Å². The molecular weight excluding hydrogens is 336 g/mol. The van der Waals surface area contributed by atoms with Crippen molar-refractivity contribution in [3.05, 3.63) is 75.3 Å². The van der Waals surface area contributed by atoms with E-state index in [-0.39, 0.29) is 11.0 Å². The molecule has 0 radical (unpaired) electrons. The fraction of sp³-hybridized carbons (Fsp3) is 0.304. The van der Waals surface area contributed by atoms with Gasteiger partial charge >= 0.3 is 0 Å². The molecule has 0 saturated heterocycles. The number of pyridine rings is 2. The zero-order valence-electron chi connectivity index (χ0n) is 15.9. The number of hydrogen-bond acceptors (Lipinski definition) is 3. The van der Waals surface area contributed by atoms with Crippen molar-refractivity contribution >= 4 is 10.9 Å². The van der Waals surface area contributed by atoms with E-state index in [4.69, 9.17) is 9.72 Å². The summed E-state index contributed by atoms with van der Waals surface area (Å²) < 4.78 is 7.63.